The van der Waals surface area contributed by atoms with Gasteiger partial charge < -0.3 is 15.0 Å². The average Bonchev–Trinajstić information content (AvgIpc) is 2.58. The van der Waals surface area contributed by atoms with Crippen LogP contribution in [0.4, 0.5) is 11.5 Å². The average molecular weight is 446 g/mol. The molecule has 140 valence electrons. The molecule has 0 aliphatic rings. The minimum absolute atomic E-state index is 0.0907. The maximum Gasteiger partial charge on any atom is 0.206 e. The summed E-state index contributed by atoms with van der Waals surface area (Å²) in [7, 11) is 1.38. The Morgan fingerprint density at radius 3 is 2.37 bits per heavy atom. The number of hydrogen-bond donors (Lipinski definition) is 2. The van der Waals surface area contributed by atoms with Crippen LogP contribution in [0.15, 0.2) is 29.1 Å². The van der Waals surface area contributed by atoms with Crippen LogP contribution in [0.3, 0.4) is 0 Å². The fraction of sp³-hybridized carbons (Fsp3) is 0.111. The minimum atomic E-state index is -0.565. The van der Waals surface area contributed by atoms with Gasteiger partial charge in [0, 0.05) is 5.02 Å². The summed E-state index contributed by atoms with van der Waals surface area (Å²) in [6.45, 7) is 1.28. The lowest BCUT2D eigenvalue weighted by atomic mass is 10.1. The number of aromatic amines is 1. The highest BCUT2D eigenvalue weighted by atomic mass is 35.5. The van der Waals surface area contributed by atoms with Gasteiger partial charge in [-0.25, -0.2) is 0 Å². The zero-order valence-electron chi connectivity index (χ0n) is 14.0. The van der Waals surface area contributed by atoms with Gasteiger partial charge in [0.2, 0.25) is 5.43 Å². The molecule has 5 nitrogen and oxygen atoms in total. The van der Waals surface area contributed by atoms with E-state index >= 15 is 0 Å². The number of aromatic nitrogens is 1. The fourth-order valence-corrected chi connectivity index (χ4v) is 3.76. The van der Waals surface area contributed by atoms with Crippen molar-refractivity contribution in [1.82, 2.24) is 4.98 Å². The molecule has 2 aromatic carbocycles. The van der Waals surface area contributed by atoms with E-state index in [0.717, 1.165) is 0 Å². The molecule has 0 fully saturated rings. The maximum absolute atomic E-state index is 13.1. The summed E-state index contributed by atoms with van der Waals surface area (Å²) in [5.41, 5.74) is 0.0614. The quantitative estimate of drug-likeness (QED) is 0.476. The van der Waals surface area contributed by atoms with Gasteiger partial charge in [-0.3, -0.25) is 9.59 Å². The number of nitrogens with one attached hydrogen (secondary N) is 2. The van der Waals surface area contributed by atoms with Crippen LogP contribution in [0.1, 0.15) is 17.3 Å². The molecule has 3 rings (SSSR count). The molecular weight excluding hydrogens is 434 g/mol. The molecule has 2 N–H and O–H groups in total. The number of benzene rings is 2. The first-order chi connectivity index (χ1) is 12.7. The number of ether oxygens (including phenoxy) is 1. The molecule has 0 aliphatic heterocycles. The summed E-state index contributed by atoms with van der Waals surface area (Å²) in [6.07, 6.45) is 0. The van der Waals surface area contributed by atoms with Gasteiger partial charge in [0.25, 0.3) is 0 Å². The van der Waals surface area contributed by atoms with Crippen LogP contribution in [0.5, 0.6) is 5.75 Å². The molecule has 9 heteroatoms. The van der Waals surface area contributed by atoms with E-state index in [2.05, 4.69) is 10.3 Å². The van der Waals surface area contributed by atoms with Crippen LogP contribution < -0.4 is 15.5 Å². The molecule has 0 atom stereocenters. The summed E-state index contributed by atoms with van der Waals surface area (Å²) in [5.74, 6) is -0.171. The first-order valence-electron chi connectivity index (χ1n) is 7.59. The van der Waals surface area contributed by atoms with E-state index in [9.17, 15) is 9.59 Å². The van der Waals surface area contributed by atoms with Crippen molar-refractivity contribution in [3.63, 3.8) is 0 Å². The van der Waals surface area contributed by atoms with Crippen LogP contribution in [-0.4, -0.2) is 17.9 Å². The van der Waals surface area contributed by atoms with Crippen LogP contribution in [0, 0.1) is 0 Å². The Labute approximate surface area is 174 Å². The second kappa shape index (κ2) is 7.60. The number of ketones is 1. The van der Waals surface area contributed by atoms with Gasteiger partial charge >= 0.3 is 0 Å². The Balaban J connectivity index is 2.34. The maximum atomic E-state index is 13.1. The zero-order chi connectivity index (χ0) is 19.9. The Hall–Kier alpha value is -1.92. The van der Waals surface area contributed by atoms with Crippen LogP contribution >= 0.6 is 46.4 Å². The lowest BCUT2D eigenvalue weighted by Gasteiger charge is -2.15. The third-order valence-corrected chi connectivity index (χ3v) is 5.01. The highest BCUT2D eigenvalue weighted by Gasteiger charge is 2.22. The van der Waals surface area contributed by atoms with E-state index < -0.39 is 11.2 Å². The van der Waals surface area contributed by atoms with Crippen molar-refractivity contribution in [2.75, 3.05) is 12.4 Å². The van der Waals surface area contributed by atoms with Crippen LogP contribution in [0.2, 0.25) is 20.1 Å². The number of halogens is 4. The van der Waals surface area contributed by atoms with E-state index in [-0.39, 0.29) is 38.1 Å². The summed E-state index contributed by atoms with van der Waals surface area (Å²) in [5, 5.41) is 4.19. The molecule has 0 spiro atoms. The molecule has 0 amide bonds. The van der Waals surface area contributed by atoms with Gasteiger partial charge in [-0.2, -0.15) is 0 Å². The first-order valence-corrected chi connectivity index (χ1v) is 9.10. The lowest BCUT2D eigenvalue weighted by Crippen LogP contribution is -2.18. The number of H-pyrrole nitrogens is 1. The van der Waals surface area contributed by atoms with Crippen molar-refractivity contribution in [2.45, 2.75) is 6.92 Å². The number of hydrogen-bond acceptors (Lipinski definition) is 4. The summed E-state index contributed by atoms with van der Waals surface area (Å²) < 4.78 is 5.24. The SMILES string of the molecule is COc1c(Cl)cc(Cl)c2[nH]c(Nc3ccc(Cl)cc3Cl)c(C(C)=O)c(=O)c12. The lowest BCUT2D eigenvalue weighted by molar-refractivity contribution is 0.101. The van der Waals surface area contributed by atoms with Crippen molar-refractivity contribution < 1.29 is 9.53 Å². The third kappa shape index (κ3) is 3.60. The molecule has 0 saturated carbocycles. The van der Waals surface area contributed by atoms with E-state index in [1.54, 1.807) is 12.1 Å². The largest absolute Gasteiger partial charge is 0.494 e. The first kappa shape index (κ1) is 19.8. The molecule has 0 saturated heterocycles. The van der Waals surface area contributed by atoms with Gasteiger partial charge in [-0.05, 0) is 31.2 Å². The van der Waals surface area contributed by atoms with E-state index in [1.807, 2.05) is 0 Å². The monoisotopic (exact) mass is 444 g/mol. The minimum Gasteiger partial charge on any atom is -0.494 e. The molecule has 0 aliphatic carbocycles. The number of fused-ring (bicyclic) bond motifs is 1. The Bertz CT molecular complexity index is 1140. The van der Waals surface area contributed by atoms with Gasteiger partial charge in [0.1, 0.15) is 11.4 Å². The molecule has 1 aromatic heterocycles. The predicted octanol–water partition coefficient (Wildman–Crippen LogP) is 6.10. The standard InChI is InChI=1S/C18H12Cl4N2O3/c1-7(25)13-16(26)14-15(10(21)6-11(22)17(14)27-2)24-18(13)23-12-4-3-8(19)5-9(12)20/h3-6H,1-2H3,(H2,23,24,26). The van der Waals surface area contributed by atoms with Gasteiger partial charge in [0.05, 0.1) is 38.8 Å². The number of methoxy groups -OCH3 is 1. The van der Waals surface area contributed by atoms with Crippen LogP contribution in [-0.2, 0) is 0 Å². The number of Topliss-reactive ketones (excluding diaryl/α,β-unsaturated/α-hetero) is 1. The summed E-state index contributed by atoms with van der Waals surface area (Å²) >= 11 is 24.5. The Kier molecular flexibility index (Phi) is 5.58. The predicted molar refractivity (Wildman–Crippen MR) is 111 cm³/mol. The zero-order valence-corrected chi connectivity index (χ0v) is 17.1. The highest BCUT2D eigenvalue weighted by molar-refractivity contribution is 6.40. The second-order valence-corrected chi connectivity index (χ2v) is 7.29. The second-order valence-electron chi connectivity index (χ2n) is 5.63. The van der Waals surface area contributed by atoms with Gasteiger partial charge in [-0.1, -0.05) is 46.4 Å². The number of anilines is 2. The molecule has 0 unspecified atom stereocenters. The van der Waals surface area contributed by atoms with Crippen molar-refractivity contribution in [2.24, 2.45) is 0 Å². The summed E-state index contributed by atoms with van der Waals surface area (Å²) in [4.78, 5) is 28.3. The molecule has 1 heterocycles. The van der Waals surface area contributed by atoms with E-state index in [0.29, 0.717) is 15.7 Å². The highest BCUT2D eigenvalue weighted by Crippen LogP contribution is 2.37. The molecule has 0 radical (unpaired) electrons. The van der Waals surface area contributed by atoms with E-state index in [1.165, 1.54) is 26.2 Å². The number of pyridine rings is 1. The van der Waals surface area contributed by atoms with Crippen LogP contribution in [0.25, 0.3) is 10.9 Å². The Morgan fingerprint density at radius 2 is 1.78 bits per heavy atom. The van der Waals surface area contributed by atoms with Crippen molar-refractivity contribution in [1.29, 1.82) is 0 Å². The topological polar surface area (TPSA) is 71.2 Å². The summed E-state index contributed by atoms with van der Waals surface area (Å²) in [6, 6.07) is 6.24. The normalized spacial score (nSPS) is 10.9. The number of rotatable bonds is 4. The molecule has 3 aromatic rings. The third-order valence-electron chi connectivity index (χ3n) is 3.89. The number of carbonyl (C=O) groups excluding carboxylic acids is 1. The van der Waals surface area contributed by atoms with Crippen molar-refractivity contribution >= 4 is 74.6 Å². The molecule has 0 bridgehead atoms. The number of carbonyl (C=O) groups is 1. The van der Waals surface area contributed by atoms with Gasteiger partial charge in [-0.15, -0.1) is 0 Å². The Morgan fingerprint density at radius 1 is 1.07 bits per heavy atom. The molecule has 27 heavy (non-hydrogen) atoms. The smallest absolute Gasteiger partial charge is 0.206 e. The van der Waals surface area contributed by atoms with E-state index in [4.69, 9.17) is 51.1 Å². The van der Waals surface area contributed by atoms with Gasteiger partial charge in [0.15, 0.2) is 11.5 Å². The van der Waals surface area contributed by atoms with Crippen molar-refractivity contribution in [3.05, 3.63) is 60.1 Å². The fourth-order valence-electron chi connectivity index (χ4n) is 2.72. The van der Waals surface area contributed by atoms with Crippen molar-refractivity contribution in [3.8, 4) is 5.75 Å². The molecular formula is C18H12Cl4N2O3.